The Bertz CT molecular complexity index is 138. The van der Waals surface area contributed by atoms with Crippen LogP contribution in [0.25, 0.3) is 0 Å². The van der Waals surface area contributed by atoms with Crippen molar-refractivity contribution in [3.8, 4) is 0 Å². The molecule has 0 heteroatoms. The van der Waals surface area contributed by atoms with Crippen molar-refractivity contribution in [2.45, 2.75) is 34.1 Å². The minimum absolute atomic E-state index is 0.270. The summed E-state index contributed by atoms with van der Waals surface area (Å²) in [5.74, 6) is 0. The standard InChI is InChI=1S/C10H18/c1-6-7-8-10(4,5)9(2)3/h6-7H,2,8H2,1,3-5H3. The SMILES string of the molecule is C=C(C)C(C)(C)CC=CC. The van der Waals surface area contributed by atoms with Gasteiger partial charge in [0.05, 0.1) is 0 Å². The molecule has 0 spiro atoms. The van der Waals surface area contributed by atoms with E-state index >= 15 is 0 Å². The topological polar surface area (TPSA) is 0 Å². The van der Waals surface area contributed by atoms with E-state index in [1.165, 1.54) is 5.57 Å². The third-order valence-electron chi connectivity index (χ3n) is 2.02. The Morgan fingerprint density at radius 1 is 1.50 bits per heavy atom. The number of allylic oxidation sites excluding steroid dienone is 3. The highest BCUT2D eigenvalue weighted by atomic mass is 14.2. The Morgan fingerprint density at radius 3 is 2.30 bits per heavy atom. The van der Waals surface area contributed by atoms with Gasteiger partial charge in [-0.05, 0) is 25.7 Å². The van der Waals surface area contributed by atoms with Crippen LogP contribution < -0.4 is 0 Å². The maximum absolute atomic E-state index is 3.95. The van der Waals surface area contributed by atoms with E-state index in [0.29, 0.717) is 0 Å². The van der Waals surface area contributed by atoms with Crippen molar-refractivity contribution in [2.75, 3.05) is 0 Å². The molecule has 0 aliphatic heterocycles. The van der Waals surface area contributed by atoms with Gasteiger partial charge in [0.15, 0.2) is 0 Å². The largest absolute Gasteiger partial charge is 0.0996 e. The van der Waals surface area contributed by atoms with Crippen LogP contribution in [0.1, 0.15) is 34.1 Å². The molecule has 0 amide bonds. The molecule has 0 aliphatic carbocycles. The molecule has 0 fully saturated rings. The van der Waals surface area contributed by atoms with Gasteiger partial charge >= 0.3 is 0 Å². The molecule has 0 radical (unpaired) electrons. The molecule has 0 unspecified atom stereocenters. The van der Waals surface area contributed by atoms with Crippen molar-refractivity contribution in [1.82, 2.24) is 0 Å². The molecule has 0 aliphatic rings. The predicted octanol–water partition coefficient (Wildman–Crippen LogP) is 3.55. The first kappa shape index (κ1) is 9.48. The van der Waals surface area contributed by atoms with Crippen molar-refractivity contribution >= 4 is 0 Å². The summed E-state index contributed by atoms with van der Waals surface area (Å²) in [6, 6.07) is 0. The molecule has 0 N–H and O–H groups in total. The van der Waals surface area contributed by atoms with Gasteiger partial charge in [0.1, 0.15) is 0 Å². The molecule has 0 atom stereocenters. The highest BCUT2D eigenvalue weighted by molar-refractivity contribution is 5.05. The van der Waals surface area contributed by atoms with Crippen molar-refractivity contribution in [3.05, 3.63) is 24.3 Å². The van der Waals surface area contributed by atoms with Crippen LogP contribution in [0.4, 0.5) is 0 Å². The van der Waals surface area contributed by atoms with E-state index in [1.54, 1.807) is 0 Å². The third kappa shape index (κ3) is 2.86. The van der Waals surface area contributed by atoms with E-state index in [-0.39, 0.29) is 5.41 Å². The molecule has 0 saturated carbocycles. The van der Waals surface area contributed by atoms with Gasteiger partial charge < -0.3 is 0 Å². The smallest absolute Gasteiger partial charge is 0.0116 e. The molecule has 0 bridgehead atoms. The summed E-state index contributed by atoms with van der Waals surface area (Å²) in [6.45, 7) is 12.5. The Hall–Kier alpha value is -0.520. The third-order valence-corrected chi connectivity index (χ3v) is 2.02. The molecule has 0 heterocycles. The van der Waals surface area contributed by atoms with Crippen LogP contribution in [0.5, 0.6) is 0 Å². The fourth-order valence-electron chi connectivity index (χ4n) is 0.587. The summed E-state index contributed by atoms with van der Waals surface area (Å²) in [5.41, 5.74) is 1.53. The predicted molar refractivity (Wildman–Crippen MR) is 48.0 cm³/mol. The summed E-state index contributed by atoms with van der Waals surface area (Å²) in [7, 11) is 0. The maximum Gasteiger partial charge on any atom is -0.0116 e. The zero-order chi connectivity index (χ0) is 8.20. The van der Waals surface area contributed by atoms with Crippen molar-refractivity contribution in [2.24, 2.45) is 5.41 Å². The Labute approximate surface area is 64.6 Å². The molecule has 58 valence electrons. The fourth-order valence-corrected chi connectivity index (χ4v) is 0.587. The average molecular weight is 138 g/mol. The van der Waals surface area contributed by atoms with Crippen molar-refractivity contribution in [1.29, 1.82) is 0 Å². The second kappa shape index (κ2) is 3.60. The highest BCUT2D eigenvalue weighted by Crippen LogP contribution is 2.28. The Balaban J connectivity index is 3.99. The Morgan fingerprint density at radius 2 is 2.00 bits per heavy atom. The molecule has 0 aromatic heterocycles. The van der Waals surface area contributed by atoms with Crippen molar-refractivity contribution < 1.29 is 0 Å². The summed E-state index contributed by atoms with van der Waals surface area (Å²) >= 11 is 0. The van der Waals surface area contributed by atoms with E-state index in [0.717, 1.165) is 6.42 Å². The highest BCUT2D eigenvalue weighted by Gasteiger charge is 2.15. The van der Waals surface area contributed by atoms with Gasteiger partial charge in [-0.15, -0.1) is 0 Å². The second-order valence-electron chi connectivity index (χ2n) is 3.44. The molecule has 0 saturated heterocycles. The van der Waals surface area contributed by atoms with Gasteiger partial charge in [0.2, 0.25) is 0 Å². The van der Waals surface area contributed by atoms with Crippen molar-refractivity contribution in [3.63, 3.8) is 0 Å². The first-order chi connectivity index (χ1) is 4.50. The normalized spacial score (nSPS) is 12.4. The molecule has 0 nitrogen and oxygen atoms in total. The van der Waals surface area contributed by atoms with E-state index in [2.05, 4.69) is 46.4 Å². The minimum atomic E-state index is 0.270. The van der Waals surface area contributed by atoms with Crippen LogP contribution in [0.2, 0.25) is 0 Å². The van der Waals surface area contributed by atoms with Crippen LogP contribution in [0.15, 0.2) is 24.3 Å². The number of hydrogen-bond acceptors (Lipinski definition) is 0. The van der Waals surface area contributed by atoms with Gasteiger partial charge in [-0.25, -0.2) is 0 Å². The monoisotopic (exact) mass is 138 g/mol. The van der Waals surface area contributed by atoms with Crippen LogP contribution in [-0.4, -0.2) is 0 Å². The van der Waals surface area contributed by atoms with E-state index in [4.69, 9.17) is 0 Å². The van der Waals surface area contributed by atoms with Gasteiger partial charge in [-0.1, -0.05) is 38.2 Å². The van der Waals surface area contributed by atoms with Crippen LogP contribution in [0.3, 0.4) is 0 Å². The number of rotatable bonds is 3. The Kier molecular flexibility index (Phi) is 3.41. The molecular weight excluding hydrogens is 120 g/mol. The zero-order valence-corrected chi connectivity index (χ0v) is 7.57. The summed E-state index contributed by atoms with van der Waals surface area (Å²) in [5, 5.41) is 0. The molecule has 0 aromatic rings. The minimum Gasteiger partial charge on any atom is -0.0996 e. The number of hydrogen-bond donors (Lipinski definition) is 0. The lowest BCUT2D eigenvalue weighted by atomic mass is 9.83. The average Bonchev–Trinajstić information content (AvgIpc) is 1.84. The maximum atomic E-state index is 3.95. The van der Waals surface area contributed by atoms with E-state index in [9.17, 15) is 0 Å². The summed E-state index contributed by atoms with van der Waals surface area (Å²) in [6.07, 6.45) is 5.37. The summed E-state index contributed by atoms with van der Waals surface area (Å²) < 4.78 is 0. The van der Waals surface area contributed by atoms with Crippen LogP contribution >= 0.6 is 0 Å². The quantitative estimate of drug-likeness (QED) is 0.523. The van der Waals surface area contributed by atoms with E-state index < -0.39 is 0 Å². The van der Waals surface area contributed by atoms with Gasteiger partial charge in [-0.3, -0.25) is 0 Å². The first-order valence-corrected chi connectivity index (χ1v) is 3.78. The molecule has 0 aromatic carbocycles. The van der Waals surface area contributed by atoms with Crippen LogP contribution in [-0.2, 0) is 0 Å². The second-order valence-corrected chi connectivity index (χ2v) is 3.44. The van der Waals surface area contributed by atoms with Crippen LogP contribution in [0, 0.1) is 5.41 Å². The zero-order valence-electron chi connectivity index (χ0n) is 7.57. The fraction of sp³-hybridized carbons (Fsp3) is 0.600. The van der Waals surface area contributed by atoms with Gasteiger partial charge in [0, 0.05) is 0 Å². The van der Waals surface area contributed by atoms with Gasteiger partial charge in [0.25, 0.3) is 0 Å². The molecular formula is C10H18. The molecule has 10 heavy (non-hydrogen) atoms. The lowest BCUT2D eigenvalue weighted by molar-refractivity contribution is 0.455. The van der Waals surface area contributed by atoms with Gasteiger partial charge in [-0.2, -0.15) is 0 Å². The first-order valence-electron chi connectivity index (χ1n) is 3.78. The lowest BCUT2D eigenvalue weighted by Crippen LogP contribution is -2.10. The van der Waals surface area contributed by atoms with E-state index in [1.807, 2.05) is 0 Å². The summed E-state index contributed by atoms with van der Waals surface area (Å²) in [4.78, 5) is 0. The molecule has 0 rings (SSSR count). The lowest BCUT2D eigenvalue weighted by Gasteiger charge is -2.22.